The number of aliphatic hydroxyl groups excluding tert-OH is 1. The van der Waals surface area contributed by atoms with E-state index >= 15 is 0 Å². The molecule has 2 saturated heterocycles. The van der Waals surface area contributed by atoms with Gasteiger partial charge in [-0.2, -0.15) is 0 Å². The summed E-state index contributed by atoms with van der Waals surface area (Å²) in [5.41, 5.74) is 5.06. The summed E-state index contributed by atoms with van der Waals surface area (Å²) in [6.07, 6.45) is 6.35. The molecule has 48 heavy (non-hydrogen) atoms. The summed E-state index contributed by atoms with van der Waals surface area (Å²) >= 11 is 1.63. The molecule has 2 aliphatic heterocycles. The Kier molecular flexibility index (Phi) is 13.5. The number of carbonyl (C=O) groups is 1. The van der Waals surface area contributed by atoms with Crippen LogP contribution in [0.4, 0.5) is 0 Å². The number of thiazole rings is 1. The molecule has 0 spiro atoms. The first-order valence-corrected chi connectivity index (χ1v) is 18.7. The molecule has 10 nitrogen and oxygen atoms in total. The third-order valence-electron chi connectivity index (χ3n) is 9.73. The number of nitrogens with zero attached hydrogens (tertiary/aromatic N) is 3. The van der Waals surface area contributed by atoms with Crippen LogP contribution in [0.15, 0.2) is 40.4 Å². The molecular weight excluding hydrogens is 628 g/mol. The van der Waals surface area contributed by atoms with E-state index in [4.69, 9.17) is 18.7 Å². The first kappa shape index (κ1) is 36.5. The fourth-order valence-corrected chi connectivity index (χ4v) is 7.75. The van der Waals surface area contributed by atoms with Crippen LogP contribution >= 0.6 is 11.3 Å². The molecule has 0 saturated carbocycles. The fourth-order valence-electron chi connectivity index (χ4n) is 6.94. The van der Waals surface area contributed by atoms with E-state index in [0.29, 0.717) is 38.7 Å². The van der Waals surface area contributed by atoms with Crippen molar-refractivity contribution in [3.05, 3.63) is 52.9 Å². The largest absolute Gasteiger partial charge is 0.476 e. The van der Waals surface area contributed by atoms with Gasteiger partial charge in [0.1, 0.15) is 5.76 Å². The lowest BCUT2D eigenvalue weighted by molar-refractivity contribution is -0.127. The summed E-state index contributed by atoms with van der Waals surface area (Å²) in [5, 5.41) is 18.3. The van der Waals surface area contributed by atoms with Crippen molar-refractivity contribution in [1.82, 2.24) is 20.4 Å². The Morgan fingerprint density at radius 1 is 1.15 bits per heavy atom. The molecule has 2 fully saturated rings. The molecular formula is C37H54N4O6S. The number of ether oxygens (including phenoxy) is 3. The van der Waals surface area contributed by atoms with Crippen molar-refractivity contribution >= 4 is 17.2 Å². The van der Waals surface area contributed by atoms with Crippen LogP contribution in [-0.4, -0.2) is 76.9 Å². The zero-order valence-electron chi connectivity index (χ0n) is 29.2. The van der Waals surface area contributed by atoms with Crippen LogP contribution in [0.5, 0.6) is 5.88 Å². The fraction of sp³-hybridized carbons (Fsp3) is 0.649. The highest BCUT2D eigenvalue weighted by molar-refractivity contribution is 7.13. The second kappa shape index (κ2) is 17.7. The van der Waals surface area contributed by atoms with Crippen molar-refractivity contribution in [2.45, 2.75) is 122 Å². The Hall–Kier alpha value is -2.83. The van der Waals surface area contributed by atoms with Crippen LogP contribution in [0.1, 0.15) is 108 Å². The van der Waals surface area contributed by atoms with Crippen LogP contribution in [0.2, 0.25) is 0 Å². The van der Waals surface area contributed by atoms with Crippen molar-refractivity contribution in [3.8, 4) is 16.3 Å². The number of aliphatic hydroxyl groups is 1. The Morgan fingerprint density at radius 3 is 2.60 bits per heavy atom. The summed E-state index contributed by atoms with van der Waals surface area (Å²) in [4.78, 5) is 21.6. The number of rotatable bonds is 18. The van der Waals surface area contributed by atoms with E-state index in [2.05, 4.69) is 65.4 Å². The highest BCUT2D eigenvalue weighted by atomic mass is 32.1. The second-order valence-corrected chi connectivity index (χ2v) is 14.5. The summed E-state index contributed by atoms with van der Waals surface area (Å²) in [7, 11) is 0. The highest BCUT2D eigenvalue weighted by Crippen LogP contribution is 2.36. The van der Waals surface area contributed by atoms with Gasteiger partial charge in [0, 0.05) is 24.6 Å². The molecule has 2 unspecified atom stereocenters. The van der Waals surface area contributed by atoms with Gasteiger partial charge in [0.2, 0.25) is 5.91 Å². The third-order valence-corrected chi connectivity index (χ3v) is 10.7. The minimum Gasteiger partial charge on any atom is -0.476 e. The van der Waals surface area contributed by atoms with Gasteiger partial charge in [-0.1, -0.05) is 57.9 Å². The van der Waals surface area contributed by atoms with Gasteiger partial charge in [0.05, 0.1) is 54.1 Å². The van der Waals surface area contributed by atoms with Crippen LogP contribution < -0.4 is 10.1 Å². The normalized spacial score (nSPS) is 20.7. The van der Waals surface area contributed by atoms with E-state index in [1.54, 1.807) is 11.3 Å². The van der Waals surface area contributed by atoms with E-state index in [-0.39, 0.29) is 36.1 Å². The second-order valence-electron chi connectivity index (χ2n) is 13.7. The lowest BCUT2D eigenvalue weighted by Gasteiger charge is -2.35. The molecule has 2 aromatic heterocycles. The zero-order chi connectivity index (χ0) is 34.0. The Balaban J connectivity index is 1.20. The molecule has 0 radical (unpaired) electrons. The number of likely N-dealkylation sites (tertiary alicyclic amines) is 1. The summed E-state index contributed by atoms with van der Waals surface area (Å²) in [6, 6.07) is 9.82. The minimum atomic E-state index is -0.545. The van der Waals surface area contributed by atoms with E-state index in [1.165, 1.54) is 0 Å². The Morgan fingerprint density at radius 2 is 1.92 bits per heavy atom. The molecule has 0 bridgehead atoms. The number of hydrogen-bond acceptors (Lipinski definition) is 10. The molecule has 4 heterocycles. The quantitative estimate of drug-likeness (QED) is 0.136. The van der Waals surface area contributed by atoms with Crippen molar-refractivity contribution < 1.29 is 28.6 Å². The van der Waals surface area contributed by atoms with Gasteiger partial charge in [0.15, 0.2) is 6.29 Å². The Labute approximate surface area is 289 Å². The van der Waals surface area contributed by atoms with Crippen LogP contribution in [0.3, 0.4) is 0 Å². The summed E-state index contributed by atoms with van der Waals surface area (Å²) in [5.74, 6) is 1.66. The lowest BCUT2D eigenvalue weighted by atomic mass is 9.85. The molecule has 264 valence electrons. The van der Waals surface area contributed by atoms with Crippen LogP contribution in [0, 0.1) is 12.8 Å². The van der Waals surface area contributed by atoms with Crippen LogP contribution in [-0.2, 0) is 14.3 Å². The average Bonchev–Trinajstić information content (AvgIpc) is 3.90. The average molecular weight is 683 g/mol. The molecule has 2 aliphatic rings. The van der Waals surface area contributed by atoms with E-state index in [0.717, 1.165) is 72.4 Å². The summed E-state index contributed by atoms with van der Waals surface area (Å²) < 4.78 is 22.8. The van der Waals surface area contributed by atoms with Gasteiger partial charge < -0.3 is 29.2 Å². The molecule has 0 aliphatic carbocycles. The SMILES string of the molecule is CCCCC(CC(c1cc(OCCCCC2OCCO2)no1)C(C)C)N1C[C@H](O)C[C@H]1C(=O)N[C@@H](C)c1ccc(-c2scnc2C)cc1. The molecule has 1 amide bonds. The van der Waals surface area contributed by atoms with E-state index < -0.39 is 12.1 Å². The molecule has 5 atom stereocenters. The van der Waals surface area contributed by atoms with E-state index in [9.17, 15) is 9.90 Å². The van der Waals surface area contributed by atoms with Gasteiger partial charge >= 0.3 is 0 Å². The first-order chi connectivity index (χ1) is 23.2. The highest BCUT2D eigenvalue weighted by Gasteiger charge is 2.41. The smallest absolute Gasteiger partial charge is 0.254 e. The number of unbranched alkanes of at least 4 members (excludes halogenated alkanes) is 2. The third kappa shape index (κ3) is 9.65. The molecule has 3 aromatic rings. The number of β-amino-alcohol motifs (C(OH)–C–C–N with tert-alkyl or cyclic N) is 1. The topological polar surface area (TPSA) is 119 Å². The first-order valence-electron chi connectivity index (χ1n) is 17.8. The predicted octanol–water partition coefficient (Wildman–Crippen LogP) is 7.03. The zero-order valence-corrected chi connectivity index (χ0v) is 30.0. The van der Waals surface area contributed by atoms with Gasteiger partial charge in [0.25, 0.3) is 5.88 Å². The van der Waals surface area contributed by atoms with Crippen LogP contribution in [0.25, 0.3) is 10.4 Å². The van der Waals surface area contributed by atoms with Crippen molar-refractivity contribution in [1.29, 1.82) is 0 Å². The maximum Gasteiger partial charge on any atom is 0.254 e. The molecule has 5 rings (SSSR count). The predicted molar refractivity (Wildman–Crippen MR) is 187 cm³/mol. The lowest BCUT2D eigenvalue weighted by Crippen LogP contribution is -2.48. The summed E-state index contributed by atoms with van der Waals surface area (Å²) in [6.45, 7) is 13.0. The van der Waals surface area contributed by atoms with Crippen molar-refractivity contribution in [3.63, 3.8) is 0 Å². The number of aromatic nitrogens is 2. The maximum absolute atomic E-state index is 13.8. The molecule has 1 aromatic carbocycles. The van der Waals surface area contributed by atoms with Crippen molar-refractivity contribution in [2.24, 2.45) is 5.92 Å². The van der Waals surface area contributed by atoms with Gasteiger partial charge in [-0.3, -0.25) is 9.69 Å². The standard InChI is InChI=1S/C37H54N4O6S/c1-6-7-10-29(19-31(24(2)3)33-21-34(40-47-33)44-16-9-8-11-35-45-17-18-46-35)41-22-30(42)20-32(41)37(43)39-25(4)27-12-14-28(15-13-27)36-26(5)38-23-48-36/h12-15,21,23-25,29-32,35,42H,6-11,16-20,22H2,1-5H3,(H,39,43)/t25-,29?,30+,31?,32-/m0/s1. The minimum absolute atomic E-state index is 0.0366. The number of amides is 1. The molecule has 11 heteroatoms. The van der Waals surface area contributed by atoms with Gasteiger partial charge in [-0.15, -0.1) is 11.3 Å². The number of carbonyl (C=O) groups excluding carboxylic acids is 1. The number of hydrogen-bond donors (Lipinski definition) is 2. The van der Waals surface area contributed by atoms with E-state index in [1.807, 2.05) is 25.4 Å². The monoisotopic (exact) mass is 682 g/mol. The van der Waals surface area contributed by atoms with Gasteiger partial charge in [-0.05, 0) is 74.6 Å². The number of nitrogens with one attached hydrogen (secondary N) is 1. The number of benzene rings is 1. The Bertz CT molecular complexity index is 1400. The maximum atomic E-state index is 13.8. The molecule has 2 N–H and O–H groups in total. The van der Waals surface area contributed by atoms with Crippen molar-refractivity contribution in [2.75, 3.05) is 26.4 Å². The number of aryl methyl sites for hydroxylation is 1. The van der Waals surface area contributed by atoms with Gasteiger partial charge in [-0.25, -0.2) is 4.98 Å².